The van der Waals surface area contributed by atoms with Gasteiger partial charge in [-0.3, -0.25) is 4.79 Å². The molecule has 3 spiro atoms. The van der Waals surface area contributed by atoms with Crippen LogP contribution in [0, 0.1) is 5.92 Å². The summed E-state index contributed by atoms with van der Waals surface area (Å²) < 4.78 is 38.0. The summed E-state index contributed by atoms with van der Waals surface area (Å²) in [5.41, 5.74) is -0.696. The van der Waals surface area contributed by atoms with Crippen LogP contribution in [0.2, 0.25) is 0 Å². The maximum atomic E-state index is 12.8. The van der Waals surface area contributed by atoms with E-state index in [4.69, 9.17) is 33.2 Å². The molecule has 5 aliphatic rings. The number of rotatable bonds is 6. The minimum atomic E-state index is -1.57. The third-order valence-corrected chi connectivity index (χ3v) is 8.36. The van der Waals surface area contributed by atoms with Crippen molar-refractivity contribution in [1.82, 2.24) is 0 Å². The summed E-state index contributed by atoms with van der Waals surface area (Å²) in [4.78, 5) is 62.4. The molecule has 3 aliphatic heterocycles. The van der Waals surface area contributed by atoms with Crippen molar-refractivity contribution in [2.45, 2.75) is 89.0 Å². The molecule has 242 valence electrons. The average molecular weight is 631 g/mol. The van der Waals surface area contributed by atoms with Crippen LogP contribution < -0.4 is 0 Å². The van der Waals surface area contributed by atoms with Crippen LogP contribution in [0.3, 0.4) is 0 Å². The first-order valence-corrected chi connectivity index (χ1v) is 14.8. The lowest BCUT2D eigenvalue weighted by Crippen LogP contribution is -2.54. The number of ether oxygens (including phenoxy) is 7. The second-order valence-corrected chi connectivity index (χ2v) is 11.3. The standard InChI is InChI=1S/C31H34O14/c1-3-39-22(32)17-19-9-7-8-12-31(19)44-27(37)21(28(38)45-31)11-6-4-5-10-20-25(35)42-30(43-26(20)36)15-13-29(14-16-30)40-23(33)18(2)24(34)41-29/h4-6,10-11,19,33,37H,3,7-9,12-17H2,1-2H3. The molecule has 14 nitrogen and oxygen atoms in total. The van der Waals surface area contributed by atoms with E-state index in [0.717, 1.165) is 6.42 Å². The highest BCUT2D eigenvalue weighted by Crippen LogP contribution is 2.46. The van der Waals surface area contributed by atoms with Gasteiger partial charge in [0.2, 0.25) is 0 Å². The lowest BCUT2D eigenvalue weighted by Gasteiger charge is -2.45. The van der Waals surface area contributed by atoms with Gasteiger partial charge in [-0.2, -0.15) is 0 Å². The molecule has 0 bridgehead atoms. The molecule has 14 heteroatoms. The fourth-order valence-corrected chi connectivity index (χ4v) is 5.89. The Morgan fingerprint density at radius 1 is 0.800 bits per heavy atom. The first kappa shape index (κ1) is 31.7. The Labute approximate surface area is 257 Å². The molecular formula is C31H34O14. The van der Waals surface area contributed by atoms with E-state index < -0.39 is 65.0 Å². The third-order valence-electron chi connectivity index (χ3n) is 8.36. The molecule has 0 aromatic carbocycles. The van der Waals surface area contributed by atoms with E-state index in [1.807, 2.05) is 0 Å². The number of aliphatic hydroxyl groups excluding tert-OH is 2. The Bertz CT molecular complexity index is 1420. The second-order valence-electron chi connectivity index (χ2n) is 11.3. The normalized spacial score (nSPS) is 32.0. The van der Waals surface area contributed by atoms with Gasteiger partial charge in [-0.25, -0.2) is 19.2 Å². The van der Waals surface area contributed by atoms with Crippen LogP contribution in [0.25, 0.3) is 0 Å². The van der Waals surface area contributed by atoms with E-state index in [2.05, 4.69) is 0 Å². The van der Waals surface area contributed by atoms with Crippen molar-refractivity contribution < 1.29 is 67.3 Å². The molecule has 45 heavy (non-hydrogen) atoms. The molecule has 0 aromatic rings. The number of carbonyl (C=O) groups excluding carboxylic acids is 5. The minimum absolute atomic E-state index is 0.00238. The molecule has 2 aliphatic carbocycles. The summed E-state index contributed by atoms with van der Waals surface area (Å²) in [6.07, 6.45) is 8.78. The Morgan fingerprint density at radius 2 is 1.44 bits per heavy atom. The number of hydrogen-bond acceptors (Lipinski definition) is 14. The van der Waals surface area contributed by atoms with Gasteiger partial charge in [0.25, 0.3) is 29.3 Å². The van der Waals surface area contributed by atoms with Gasteiger partial charge in [0.05, 0.1) is 13.0 Å². The maximum absolute atomic E-state index is 12.8. The van der Waals surface area contributed by atoms with Gasteiger partial charge in [-0.05, 0) is 38.8 Å². The van der Waals surface area contributed by atoms with Gasteiger partial charge in [0.1, 0.15) is 16.7 Å². The third kappa shape index (κ3) is 6.40. The highest BCUT2D eigenvalue weighted by molar-refractivity contribution is 6.15. The molecule has 2 N–H and O–H groups in total. The predicted octanol–water partition coefficient (Wildman–Crippen LogP) is 3.64. The Balaban J connectivity index is 1.19. The van der Waals surface area contributed by atoms with Crippen LogP contribution in [-0.4, -0.2) is 64.0 Å². The lowest BCUT2D eigenvalue weighted by molar-refractivity contribution is -0.297. The van der Waals surface area contributed by atoms with Crippen LogP contribution in [0.15, 0.2) is 59.0 Å². The second kappa shape index (κ2) is 12.3. The number of carbonyl (C=O) groups is 5. The summed E-state index contributed by atoms with van der Waals surface area (Å²) in [6.45, 7) is 3.26. The Morgan fingerprint density at radius 3 is 2.07 bits per heavy atom. The van der Waals surface area contributed by atoms with E-state index in [1.54, 1.807) is 6.92 Å². The van der Waals surface area contributed by atoms with Gasteiger partial charge in [-0.1, -0.05) is 24.6 Å². The number of hydrogen-bond donors (Lipinski definition) is 2. The first-order valence-electron chi connectivity index (χ1n) is 14.8. The maximum Gasteiger partial charge on any atom is 0.348 e. The predicted molar refractivity (Wildman–Crippen MR) is 148 cm³/mol. The Kier molecular flexibility index (Phi) is 8.68. The van der Waals surface area contributed by atoms with Crippen molar-refractivity contribution in [2.75, 3.05) is 6.61 Å². The van der Waals surface area contributed by atoms with Crippen molar-refractivity contribution in [3.05, 3.63) is 59.0 Å². The molecule has 0 radical (unpaired) electrons. The van der Waals surface area contributed by atoms with E-state index in [1.165, 1.54) is 37.3 Å². The van der Waals surface area contributed by atoms with Crippen molar-refractivity contribution in [3.8, 4) is 0 Å². The zero-order valence-electron chi connectivity index (χ0n) is 24.8. The average Bonchev–Trinajstić information content (AvgIpc) is 2.97. The van der Waals surface area contributed by atoms with Gasteiger partial charge < -0.3 is 43.4 Å². The van der Waals surface area contributed by atoms with Gasteiger partial charge in [0.15, 0.2) is 0 Å². The minimum Gasteiger partial charge on any atom is -0.481 e. The van der Waals surface area contributed by atoms with E-state index in [9.17, 15) is 34.2 Å². The summed E-state index contributed by atoms with van der Waals surface area (Å²) in [5.74, 6) is -9.99. The molecule has 0 aromatic heterocycles. The van der Waals surface area contributed by atoms with Crippen LogP contribution in [0.4, 0.5) is 0 Å². The summed E-state index contributed by atoms with van der Waals surface area (Å²) in [6, 6.07) is 0. The first-order chi connectivity index (χ1) is 21.4. The SMILES string of the molecule is CCOC(=O)CC1CCCCC12OC(=O)C(C=CC=CC=C1C(=O)OC3(CCC4(CC3)OC(=O)C(C)=C(O)O4)OC1=O)=C(O)O2. The van der Waals surface area contributed by atoms with Crippen molar-refractivity contribution in [1.29, 1.82) is 0 Å². The topological polar surface area (TPSA) is 190 Å². The quantitative estimate of drug-likeness (QED) is 0.142. The molecular weight excluding hydrogens is 596 g/mol. The van der Waals surface area contributed by atoms with Crippen molar-refractivity contribution >= 4 is 29.8 Å². The fraction of sp³-hybridized carbons (Fsp3) is 0.516. The highest BCUT2D eigenvalue weighted by atomic mass is 16.8. The zero-order valence-corrected chi connectivity index (χ0v) is 24.8. The summed E-state index contributed by atoms with van der Waals surface area (Å²) in [5, 5.41) is 20.5. The van der Waals surface area contributed by atoms with E-state index in [-0.39, 0.29) is 55.4 Å². The monoisotopic (exact) mass is 630 g/mol. The van der Waals surface area contributed by atoms with Crippen molar-refractivity contribution in [2.24, 2.45) is 5.92 Å². The molecule has 0 amide bonds. The largest absolute Gasteiger partial charge is 0.481 e. The van der Waals surface area contributed by atoms with Crippen LogP contribution >= 0.6 is 0 Å². The van der Waals surface area contributed by atoms with Gasteiger partial charge in [0, 0.05) is 38.0 Å². The molecule has 2 unspecified atom stereocenters. The Hall–Kier alpha value is -4.75. The van der Waals surface area contributed by atoms with Crippen LogP contribution in [-0.2, 0) is 57.1 Å². The molecule has 3 fully saturated rings. The molecule has 1 saturated heterocycles. The zero-order chi connectivity index (χ0) is 32.4. The van der Waals surface area contributed by atoms with E-state index in [0.29, 0.717) is 19.3 Å². The fourth-order valence-electron chi connectivity index (χ4n) is 5.89. The van der Waals surface area contributed by atoms with Crippen LogP contribution in [0.1, 0.15) is 71.6 Å². The number of esters is 5. The molecule has 3 heterocycles. The summed E-state index contributed by atoms with van der Waals surface area (Å²) >= 11 is 0. The molecule has 5 rings (SSSR count). The van der Waals surface area contributed by atoms with Gasteiger partial charge >= 0.3 is 29.8 Å². The lowest BCUT2D eigenvalue weighted by atomic mass is 9.80. The molecule has 2 atom stereocenters. The van der Waals surface area contributed by atoms with Gasteiger partial charge in [-0.15, -0.1) is 0 Å². The van der Waals surface area contributed by atoms with Crippen molar-refractivity contribution in [3.63, 3.8) is 0 Å². The number of allylic oxidation sites excluding steroid dienone is 4. The highest BCUT2D eigenvalue weighted by Gasteiger charge is 2.56. The molecule has 2 saturated carbocycles. The van der Waals surface area contributed by atoms with Crippen LogP contribution in [0.5, 0.6) is 0 Å². The summed E-state index contributed by atoms with van der Waals surface area (Å²) in [7, 11) is 0. The number of aliphatic hydroxyl groups is 2. The van der Waals surface area contributed by atoms with E-state index >= 15 is 0 Å². The smallest absolute Gasteiger partial charge is 0.348 e.